The average molecular weight is 296 g/mol. The smallest absolute Gasteiger partial charge is 0.239 e. The van der Waals surface area contributed by atoms with Gasteiger partial charge in [0.2, 0.25) is 11.6 Å². The van der Waals surface area contributed by atoms with E-state index < -0.39 is 46.0 Å². The molecule has 0 bridgehead atoms. The second-order valence-electron chi connectivity index (χ2n) is 4.28. The van der Waals surface area contributed by atoms with Crippen molar-refractivity contribution in [2.24, 2.45) is 0 Å². The summed E-state index contributed by atoms with van der Waals surface area (Å²) >= 11 is 0. The molecule has 21 heavy (non-hydrogen) atoms. The van der Waals surface area contributed by atoms with Gasteiger partial charge in [0, 0.05) is 11.1 Å². The lowest BCUT2D eigenvalue weighted by Gasteiger charge is -2.08. The second kappa shape index (κ2) is 5.47. The molecule has 0 heterocycles. The molecule has 2 aromatic rings. The summed E-state index contributed by atoms with van der Waals surface area (Å²) in [6.45, 7) is 0.824. The lowest BCUT2D eigenvalue weighted by atomic mass is 9.99. The second-order valence-corrected chi connectivity index (χ2v) is 4.28. The van der Waals surface area contributed by atoms with Crippen molar-refractivity contribution in [1.82, 2.24) is 0 Å². The lowest BCUT2D eigenvalue weighted by molar-refractivity contribution is 0.0810. The van der Waals surface area contributed by atoms with Gasteiger partial charge in [-0.25, -0.2) is 17.6 Å². The summed E-state index contributed by atoms with van der Waals surface area (Å²) in [6.07, 6.45) is 0. The zero-order chi connectivity index (χ0) is 15.7. The first kappa shape index (κ1) is 14.9. The van der Waals surface area contributed by atoms with Crippen LogP contribution in [0.2, 0.25) is 0 Å². The fraction of sp³-hybridized carbons (Fsp3) is 0.0667. The predicted octanol–water partition coefficient (Wildman–Crippen LogP) is 3.62. The van der Waals surface area contributed by atoms with Crippen molar-refractivity contribution in [2.75, 3.05) is 0 Å². The highest BCUT2D eigenvalue weighted by Crippen LogP contribution is 2.24. The number of carbonyl (C=O) groups excluding carboxylic acids is 2. The Morgan fingerprint density at radius 3 is 1.71 bits per heavy atom. The first-order valence-corrected chi connectivity index (χ1v) is 5.82. The number of ketones is 2. The van der Waals surface area contributed by atoms with Gasteiger partial charge in [0.25, 0.3) is 0 Å². The van der Waals surface area contributed by atoms with Gasteiger partial charge in [0.15, 0.2) is 23.3 Å². The van der Waals surface area contributed by atoms with Gasteiger partial charge in [-0.05, 0) is 6.92 Å². The minimum absolute atomic E-state index is 0.136. The maximum Gasteiger partial charge on any atom is 0.239 e. The number of Topliss-reactive ketones (excluding diaryl/α,β-unsaturated/α-hetero) is 2. The standard InChI is InChI=1S/C15H8F4O2/c1-7-10(16)12(18)9(13(19)11(7)17)15(21)14(20)8-5-3-2-4-6-8/h2-6H,1H3. The van der Waals surface area contributed by atoms with E-state index in [9.17, 15) is 27.2 Å². The van der Waals surface area contributed by atoms with Gasteiger partial charge in [0.1, 0.15) is 5.56 Å². The molecule has 0 saturated heterocycles. The summed E-state index contributed by atoms with van der Waals surface area (Å²) in [5.74, 6) is -10.0. The van der Waals surface area contributed by atoms with Crippen LogP contribution in [0.1, 0.15) is 26.3 Å². The van der Waals surface area contributed by atoms with Gasteiger partial charge < -0.3 is 0 Å². The summed E-state index contributed by atoms with van der Waals surface area (Å²) in [5.41, 5.74) is -2.55. The summed E-state index contributed by atoms with van der Waals surface area (Å²) in [5, 5.41) is 0. The van der Waals surface area contributed by atoms with E-state index in [0.29, 0.717) is 0 Å². The van der Waals surface area contributed by atoms with E-state index in [1.807, 2.05) is 0 Å². The highest BCUT2D eigenvalue weighted by molar-refractivity contribution is 6.49. The normalized spacial score (nSPS) is 10.5. The number of rotatable bonds is 3. The molecule has 0 aliphatic carbocycles. The molecule has 2 aromatic carbocycles. The number of halogens is 4. The number of benzene rings is 2. The highest BCUT2D eigenvalue weighted by Gasteiger charge is 2.31. The average Bonchev–Trinajstić information content (AvgIpc) is 2.51. The van der Waals surface area contributed by atoms with E-state index in [1.165, 1.54) is 24.3 Å². The Kier molecular flexibility index (Phi) is 3.88. The van der Waals surface area contributed by atoms with Crippen LogP contribution in [0.4, 0.5) is 17.6 Å². The van der Waals surface area contributed by atoms with Gasteiger partial charge in [0.05, 0.1) is 0 Å². The first-order chi connectivity index (χ1) is 9.86. The van der Waals surface area contributed by atoms with Crippen LogP contribution in [0.5, 0.6) is 0 Å². The lowest BCUT2D eigenvalue weighted by Crippen LogP contribution is -2.20. The molecule has 2 rings (SSSR count). The minimum atomic E-state index is -1.87. The molecule has 0 aliphatic rings. The van der Waals surface area contributed by atoms with Crippen LogP contribution < -0.4 is 0 Å². The van der Waals surface area contributed by atoms with Crippen molar-refractivity contribution in [1.29, 1.82) is 0 Å². The van der Waals surface area contributed by atoms with Crippen LogP contribution in [-0.2, 0) is 0 Å². The minimum Gasteiger partial charge on any atom is -0.285 e. The van der Waals surface area contributed by atoms with Crippen molar-refractivity contribution in [3.05, 3.63) is 70.3 Å². The maximum atomic E-state index is 13.7. The van der Waals surface area contributed by atoms with Crippen molar-refractivity contribution < 1.29 is 27.2 Å². The zero-order valence-electron chi connectivity index (χ0n) is 10.7. The molecular formula is C15H8F4O2. The molecule has 0 aliphatic heterocycles. The molecular weight excluding hydrogens is 288 g/mol. The maximum absolute atomic E-state index is 13.7. The van der Waals surface area contributed by atoms with Crippen LogP contribution >= 0.6 is 0 Å². The Bertz CT molecular complexity index is 710. The third kappa shape index (κ3) is 2.44. The molecule has 2 nitrogen and oxygen atoms in total. The summed E-state index contributed by atoms with van der Waals surface area (Å²) in [6, 6.07) is 6.93. The van der Waals surface area contributed by atoms with E-state index in [-0.39, 0.29) is 5.56 Å². The summed E-state index contributed by atoms with van der Waals surface area (Å²) < 4.78 is 54.2. The van der Waals surface area contributed by atoms with Crippen LogP contribution in [0.15, 0.2) is 30.3 Å². The van der Waals surface area contributed by atoms with Crippen LogP contribution in [0.25, 0.3) is 0 Å². The fourth-order valence-corrected chi connectivity index (χ4v) is 1.77. The van der Waals surface area contributed by atoms with Gasteiger partial charge in [-0.2, -0.15) is 0 Å². The molecule has 0 radical (unpaired) electrons. The molecule has 0 unspecified atom stereocenters. The summed E-state index contributed by atoms with van der Waals surface area (Å²) in [7, 11) is 0. The Morgan fingerprint density at radius 1 is 0.762 bits per heavy atom. The van der Waals surface area contributed by atoms with Crippen molar-refractivity contribution in [3.63, 3.8) is 0 Å². The van der Waals surface area contributed by atoms with Crippen molar-refractivity contribution in [3.8, 4) is 0 Å². The number of carbonyl (C=O) groups is 2. The number of hydrogen-bond acceptors (Lipinski definition) is 2. The molecule has 0 fully saturated rings. The van der Waals surface area contributed by atoms with E-state index in [4.69, 9.17) is 0 Å². The van der Waals surface area contributed by atoms with E-state index >= 15 is 0 Å². The number of hydrogen-bond donors (Lipinski definition) is 0. The van der Waals surface area contributed by atoms with Crippen molar-refractivity contribution in [2.45, 2.75) is 6.92 Å². The molecule has 0 amide bonds. The van der Waals surface area contributed by atoms with Gasteiger partial charge >= 0.3 is 0 Å². The summed E-state index contributed by atoms with van der Waals surface area (Å²) in [4.78, 5) is 23.7. The highest BCUT2D eigenvalue weighted by atomic mass is 19.2. The fourth-order valence-electron chi connectivity index (χ4n) is 1.77. The molecule has 6 heteroatoms. The van der Waals surface area contributed by atoms with Gasteiger partial charge in [-0.15, -0.1) is 0 Å². The monoisotopic (exact) mass is 296 g/mol. The third-order valence-electron chi connectivity index (χ3n) is 2.95. The van der Waals surface area contributed by atoms with Crippen LogP contribution in [-0.4, -0.2) is 11.6 Å². The molecule has 108 valence electrons. The quantitative estimate of drug-likeness (QED) is 0.375. The Balaban J connectivity index is 2.58. The van der Waals surface area contributed by atoms with E-state index in [0.717, 1.165) is 6.92 Å². The third-order valence-corrected chi connectivity index (χ3v) is 2.95. The Hall–Kier alpha value is -2.50. The molecule has 0 spiro atoms. The predicted molar refractivity (Wildman–Crippen MR) is 66.1 cm³/mol. The molecule has 0 atom stereocenters. The SMILES string of the molecule is Cc1c(F)c(F)c(C(=O)C(=O)c2ccccc2)c(F)c1F. The van der Waals surface area contributed by atoms with Gasteiger partial charge in [-0.1, -0.05) is 30.3 Å². The molecule has 0 aromatic heterocycles. The van der Waals surface area contributed by atoms with E-state index in [1.54, 1.807) is 6.07 Å². The zero-order valence-corrected chi connectivity index (χ0v) is 10.7. The van der Waals surface area contributed by atoms with Gasteiger partial charge in [-0.3, -0.25) is 9.59 Å². The first-order valence-electron chi connectivity index (χ1n) is 5.82. The Labute approximate surface area is 117 Å². The Morgan fingerprint density at radius 2 is 1.24 bits per heavy atom. The molecule has 0 saturated carbocycles. The topological polar surface area (TPSA) is 34.1 Å². The van der Waals surface area contributed by atoms with Crippen molar-refractivity contribution >= 4 is 11.6 Å². The molecule has 0 N–H and O–H groups in total. The van der Waals surface area contributed by atoms with Crippen LogP contribution in [0.3, 0.4) is 0 Å². The van der Waals surface area contributed by atoms with E-state index in [2.05, 4.69) is 0 Å². The largest absolute Gasteiger partial charge is 0.285 e. The van der Waals surface area contributed by atoms with Crippen LogP contribution in [0, 0.1) is 30.2 Å².